The minimum absolute atomic E-state index is 0.183. The lowest BCUT2D eigenvalue weighted by Crippen LogP contribution is -2.44. The van der Waals surface area contributed by atoms with E-state index in [-0.39, 0.29) is 12.6 Å². The molecule has 2 N–H and O–H groups in total. The molecule has 7 heteroatoms. The number of aliphatic hydroxyl groups is 1. The average Bonchev–Trinajstić information content (AvgIpc) is 2.90. The molecule has 0 unspecified atom stereocenters. The van der Waals surface area contributed by atoms with E-state index >= 15 is 0 Å². The van der Waals surface area contributed by atoms with E-state index in [0.717, 1.165) is 5.56 Å². The van der Waals surface area contributed by atoms with Crippen molar-refractivity contribution < 1.29 is 14.3 Å². The Kier molecular flexibility index (Phi) is 5.23. The van der Waals surface area contributed by atoms with Crippen LogP contribution in [0.25, 0.3) is 5.69 Å². The number of anilines is 1. The first-order valence-corrected chi connectivity index (χ1v) is 7.79. The highest BCUT2D eigenvalue weighted by Crippen LogP contribution is 2.19. The van der Waals surface area contributed by atoms with Crippen molar-refractivity contribution in [3.63, 3.8) is 0 Å². The van der Waals surface area contributed by atoms with E-state index in [1.54, 1.807) is 38.4 Å². The Balaban J connectivity index is 2.13. The minimum atomic E-state index is -1.000. The quantitative estimate of drug-likeness (QED) is 0.883. The molecule has 1 aromatic heterocycles. The van der Waals surface area contributed by atoms with Gasteiger partial charge in [0.2, 0.25) is 0 Å². The van der Waals surface area contributed by atoms with E-state index in [1.807, 2.05) is 13.8 Å². The number of benzene rings is 1. The number of nitrogens with zero attached hydrogens (tertiary/aromatic N) is 3. The zero-order valence-electron chi connectivity index (χ0n) is 14.4. The summed E-state index contributed by atoms with van der Waals surface area (Å²) in [6.45, 7) is 7.56. The standard InChI is InChI=1S/C17H23FN4O2/c1-5-21(11-17(3,4)24)16(23)20-13-6-7-15(14(18)8-13)22-10-12(2)9-19-22/h6-10,24H,5,11H2,1-4H3,(H,20,23). The number of likely N-dealkylation sites (N-methyl/N-ethyl adjacent to an activating group) is 1. The largest absolute Gasteiger partial charge is 0.389 e. The van der Waals surface area contributed by atoms with Crippen molar-refractivity contribution in [1.82, 2.24) is 14.7 Å². The Morgan fingerprint density at radius 1 is 1.46 bits per heavy atom. The highest BCUT2D eigenvalue weighted by Gasteiger charge is 2.21. The summed E-state index contributed by atoms with van der Waals surface area (Å²) < 4.78 is 15.7. The Morgan fingerprint density at radius 3 is 2.67 bits per heavy atom. The summed E-state index contributed by atoms with van der Waals surface area (Å²) in [5.74, 6) is -0.485. The smallest absolute Gasteiger partial charge is 0.321 e. The van der Waals surface area contributed by atoms with Gasteiger partial charge in [-0.25, -0.2) is 13.9 Å². The van der Waals surface area contributed by atoms with Crippen molar-refractivity contribution in [2.75, 3.05) is 18.4 Å². The lowest BCUT2D eigenvalue weighted by molar-refractivity contribution is 0.0501. The lowest BCUT2D eigenvalue weighted by Gasteiger charge is -2.28. The number of amides is 2. The first-order valence-electron chi connectivity index (χ1n) is 7.79. The molecule has 2 aromatic rings. The fourth-order valence-corrected chi connectivity index (χ4v) is 2.31. The van der Waals surface area contributed by atoms with Gasteiger partial charge in [-0.2, -0.15) is 5.10 Å². The van der Waals surface area contributed by atoms with Gasteiger partial charge in [-0.05, 0) is 51.5 Å². The first kappa shape index (κ1) is 17.9. The molecule has 0 aliphatic heterocycles. The van der Waals surface area contributed by atoms with Gasteiger partial charge in [0, 0.05) is 18.4 Å². The summed E-state index contributed by atoms with van der Waals surface area (Å²) in [4.78, 5) is 13.7. The van der Waals surface area contributed by atoms with Crippen molar-refractivity contribution >= 4 is 11.7 Å². The molecule has 130 valence electrons. The van der Waals surface area contributed by atoms with Crippen molar-refractivity contribution in [3.8, 4) is 5.69 Å². The number of aryl methyl sites for hydroxylation is 1. The van der Waals surface area contributed by atoms with Crippen LogP contribution < -0.4 is 5.32 Å². The van der Waals surface area contributed by atoms with E-state index in [0.29, 0.717) is 17.9 Å². The van der Waals surface area contributed by atoms with Gasteiger partial charge in [-0.3, -0.25) is 0 Å². The molecule has 0 saturated heterocycles. The molecule has 2 rings (SSSR count). The van der Waals surface area contributed by atoms with Crippen LogP contribution in [0.3, 0.4) is 0 Å². The second-order valence-electron chi connectivity index (χ2n) is 6.39. The SMILES string of the molecule is CCN(CC(C)(C)O)C(=O)Nc1ccc(-n2cc(C)cn2)c(F)c1. The molecule has 0 radical (unpaired) electrons. The van der Waals surface area contributed by atoms with Gasteiger partial charge in [0.05, 0.1) is 18.3 Å². The van der Waals surface area contributed by atoms with Crippen LogP contribution >= 0.6 is 0 Å². The van der Waals surface area contributed by atoms with E-state index in [9.17, 15) is 14.3 Å². The molecule has 0 spiro atoms. The molecule has 0 aliphatic carbocycles. The van der Waals surface area contributed by atoms with Gasteiger partial charge in [-0.1, -0.05) is 0 Å². The van der Waals surface area contributed by atoms with Crippen LogP contribution in [-0.2, 0) is 0 Å². The summed E-state index contributed by atoms with van der Waals surface area (Å²) in [7, 11) is 0. The van der Waals surface area contributed by atoms with Crippen LogP contribution in [-0.4, -0.2) is 44.5 Å². The second kappa shape index (κ2) is 7.00. The minimum Gasteiger partial charge on any atom is -0.389 e. The van der Waals surface area contributed by atoms with Crippen molar-refractivity contribution in [2.24, 2.45) is 0 Å². The fourth-order valence-electron chi connectivity index (χ4n) is 2.31. The number of urea groups is 1. The summed E-state index contributed by atoms with van der Waals surface area (Å²) >= 11 is 0. The number of carbonyl (C=O) groups is 1. The van der Waals surface area contributed by atoms with Gasteiger partial charge in [-0.15, -0.1) is 0 Å². The molecule has 0 atom stereocenters. The molecule has 0 aliphatic rings. The topological polar surface area (TPSA) is 70.4 Å². The van der Waals surface area contributed by atoms with E-state index in [1.165, 1.54) is 15.6 Å². The van der Waals surface area contributed by atoms with E-state index in [4.69, 9.17) is 0 Å². The van der Waals surface area contributed by atoms with Gasteiger partial charge in [0.25, 0.3) is 0 Å². The second-order valence-corrected chi connectivity index (χ2v) is 6.39. The summed E-state index contributed by atoms with van der Waals surface area (Å²) in [5, 5.41) is 16.6. The third-order valence-corrected chi connectivity index (χ3v) is 3.40. The summed E-state index contributed by atoms with van der Waals surface area (Å²) in [6.07, 6.45) is 3.36. The normalized spacial score (nSPS) is 11.4. The number of carbonyl (C=O) groups excluding carboxylic acids is 1. The molecule has 2 amide bonds. The number of hydrogen-bond donors (Lipinski definition) is 2. The van der Waals surface area contributed by atoms with Crippen molar-refractivity contribution in [2.45, 2.75) is 33.3 Å². The average molecular weight is 334 g/mol. The molecule has 6 nitrogen and oxygen atoms in total. The molecule has 0 fully saturated rings. The molecule has 24 heavy (non-hydrogen) atoms. The lowest BCUT2D eigenvalue weighted by atomic mass is 10.1. The Labute approximate surface area is 140 Å². The Bertz CT molecular complexity index is 722. The molecule has 0 bridgehead atoms. The van der Waals surface area contributed by atoms with E-state index < -0.39 is 11.4 Å². The zero-order valence-corrected chi connectivity index (χ0v) is 14.4. The Hall–Kier alpha value is -2.41. The summed E-state index contributed by atoms with van der Waals surface area (Å²) in [5.41, 5.74) is 0.585. The third-order valence-electron chi connectivity index (χ3n) is 3.40. The van der Waals surface area contributed by atoms with Crippen molar-refractivity contribution in [1.29, 1.82) is 0 Å². The summed E-state index contributed by atoms with van der Waals surface area (Å²) in [6, 6.07) is 4.04. The zero-order chi connectivity index (χ0) is 17.9. The maximum atomic E-state index is 14.3. The van der Waals surface area contributed by atoms with Crippen LogP contribution in [0.2, 0.25) is 0 Å². The number of halogens is 1. The third kappa shape index (κ3) is 4.55. The van der Waals surface area contributed by atoms with Gasteiger partial charge in [0.1, 0.15) is 5.69 Å². The number of rotatable bonds is 5. The predicted octanol–water partition coefficient (Wildman–Crippen LogP) is 2.94. The van der Waals surface area contributed by atoms with Gasteiger partial charge >= 0.3 is 6.03 Å². The maximum Gasteiger partial charge on any atom is 0.321 e. The van der Waals surface area contributed by atoms with E-state index in [2.05, 4.69) is 10.4 Å². The number of aromatic nitrogens is 2. The highest BCUT2D eigenvalue weighted by molar-refractivity contribution is 5.89. The Morgan fingerprint density at radius 2 is 2.17 bits per heavy atom. The molecular weight excluding hydrogens is 311 g/mol. The van der Waals surface area contributed by atoms with Gasteiger partial charge in [0.15, 0.2) is 5.82 Å². The maximum absolute atomic E-state index is 14.3. The number of hydrogen-bond acceptors (Lipinski definition) is 3. The highest BCUT2D eigenvalue weighted by atomic mass is 19.1. The monoisotopic (exact) mass is 334 g/mol. The first-order chi connectivity index (χ1) is 11.2. The van der Waals surface area contributed by atoms with Crippen LogP contribution in [0.5, 0.6) is 0 Å². The van der Waals surface area contributed by atoms with Crippen molar-refractivity contribution in [3.05, 3.63) is 42.0 Å². The molecule has 0 saturated carbocycles. The van der Waals surface area contributed by atoms with Crippen LogP contribution in [0.1, 0.15) is 26.3 Å². The number of nitrogens with one attached hydrogen (secondary N) is 1. The molecule has 1 aromatic carbocycles. The predicted molar refractivity (Wildman–Crippen MR) is 90.8 cm³/mol. The molecule has 1 heterocycles. The van der Waals surface area contributed by atoms with Crippen LogP contribution in [0.4, 0.5) is 14.9 Å². The van der Waals surface area contributed by atoms with Crippen LogP contribution in [0.15, 0.2) is 30.6 Å². The van der Waals surface area contributed by atoms with Gasteiger partial charge < -0.3 is 15.3 Å². The van der Waals surface area contributed by atoms with Crippen LogP contribution in [0, 0.1) is 12.7 Å². The fraction of sp³-hybridized carbons (Fsp3) is 0.412. The molecular formula is C17H23FN4O2.